The molecule has 0 aliphatic heterocycles. The van der Waals surface area contributed by atoms with E-state index in [9.17, 15) is 4.79 Å². The van der Waals surface area contributed by atoms with Gasteiger partial charge in [-0.05, 0) is 36.2 Å². The molecule has 3 rings (SSSR count). The summed E-state index contributed by atoms with van der Waals surface area (Å²) in [5, 5.41) is 19.7. The fourth-order valence-corrected chi connectivity index (χ4v) is 2.28. The molecule has 6 heteroatoms. The summed E-state index contributed by atoms with van der Waals surface area (Å²) < 4.78 is 1.85. The Morgan fingerprint density at radius 2 is 2.00 bits per heavy atom. The highest BCUT2D eigenvalue weighted by Gasteiger charge is 2.07. The fourth-order valence-electron chi connectivity index (χ4n) is 2.28. The van der Waals surface area contributed by atoms with Crippen molar-refractivity contribution in [3.63, 3.8) is 0 Å². The van der Waals surface area contributed by atoms with Crippen LogP contribution in [0.5, 0.6) is 0 Å². The van der Waals surface area contributed by atoms with E-state index >= 15 is 0 Å². The molecule has 0 saturated heterocycles. The van der Waals surface area contributed by atoms with Gasteiger partial charge >= 0.3 is 0 Å². The van der Waals surface area contributed by atoms with Crippen LogP contribution in [0.1, 0.15) is 23.4 Å². The van der Waals surface area contributed by atoms with Crippen LogP contribution in [0.15, 0.2) is 48.7 Å². The number of benzene rings is 1. The molecule has 0 bridgehead atoms. The molecule has 2 aromatic heterocycles. The van der Waals surface area contributed by atoms with E-state index in [2.05, 4.69) is 21.6 Å². The Labute approximate surface area is 133 Å². The highest BCUT2D eigenvalue weighted by molar-refractivity contribution is 5.76. The molecule has 3 aromatic rings. The summed E-state index contributed by atoms with van der Waals surface area (Å²) in [5.74, 6) is 0.661. The number of hydrogen-bond donors (Lipinski definition) is 1. The van der Waals surface area contributed by atoms with Gasteiger partial charge in [-0.2, -0.15) is 5.26 Å². The number of nitriles is 1. The monoisotopic (exact) mass is 305 g/mol. The molecular formula is C17H15N5O. The smallest absolute Gasteiger partial charge is 0.220 e. The zero-order chi connectivity index (χ0) is 16.1. The number of nitrogens with one attached hydrogen (secondary N) is 1. The standard InChI is InChI=1S/C17H15N5O/c18-11-14-6-4-13(5-7-14)8-9-17(23)19-12-16-21-20-15-3-1-2-10-22(15)16/h1-7,10H,8-9,12H2,(H,19,23). The van der Waals surface area contributed by atoms with Gasteiger partial charge in [0, 0.05) is 12.6 Å². The molecule has 1 amide bonds. The molecule has 1 aromatic carbocycles. The second-order valence-electron chi connectivity index (χ2n) is 5.13. The minimum Gasteiger partial charge on any atom is -0.349 e. The molecule has 1 N–H and O–H groups in total. The van der Waals surface area contributed by atoms with Gasteiger partial charge < -0.3 is 5.32 Å². The summed E-state index contributed by atoms with van der Waals surface area (Å²) >= 11 is 0. The molecule has 0 fully saturated rings. The van der Waals surface area contributed by atoms with E-state index in [1.165, 1.54) is 0 Å². The number of aryl methyl sites for hydroxylation is 1. The van der Waals surface area contributed by atoms with Gasteiger partial charge in [0.15, 0.2) is 11.5 Å². The van der Waals surface area contributed by atoms with Gasteiger partial charge in [0.05, 0.1) is 18.2 Å². The zero-order valence-corrected chi connectivity index (χ0v) is 12.4. The number of nitrogens with zero attached hydrogens (tertiary/aromatic N) is 4. The number of carbonyl (C=O) groups excluding carboxylic acids is 1. The summed E-state index contributed by atoms with van der Waals surface area (Å²) in [7, 11) is 0. The lowest BCUT2D eigenvalue weighted by Crippen LogP contribution is -2.24. The van der Waals surface area contributed by atoms with Crippen molar-refractivity contribution in [2.75, 3.05) is 0 Å². The van der Waals surface area contributed by atoms with Crippen molar-refractivity contribution in [2.24, 2.45) is 0 Å². The van der Waals surface area contributed by atoms with Crippen LogP contribution in [-0.2, 0) is 17.8 Å². The van der Waals surface area contributed by atoms with Gasteiger partial charge in [-0.15, -0.1) is 10.2 Å². The summed E-state index contributed by atoms with van der Waals surface area (Å²) in [6.45, 7) is 0.345. The van der Waals surface area contributed by atoms with Gasteiger partial charge in [0.25, 0.3) is 0 Å². The van der Waals surface area contributed by atoms with Crippen LogP contribution in [0.25, 0.3) is 5.65 Å². The van der Waals surface area contributed by atoms with Crippen LogP contribution >= 0.6 is 0 Å². The number of aromatic nitrogens is 3. The van der Waals surface area contributed by atoms with Crippen LogP contribution in [0.2, 0.25) is 0 Å². The quantitative estimate of drug-likeness (QED) is 0.779. The molecule has 23 heavy (non-hydrogen) atoms. The molecule has 0 saturated carbocycles. The van der Waals surface area contributed by atoms with Crippen LogP contribution in [0, 0.1) is 11.3 Å². The van der Waals surface area contributed by atoms with E-state index in [1.54, 1.807) is 12.1 Å². The first-order valence-electron chi connectivity index (χ1n) is 7.30. The second kappa shape index (κ2) is 6.71. The number of pyridine rings is 1. The first-order valence-corrected chi connectivity index (χ1v) is 7.30. The normalized spacial score (nSPS) is 10.4. The number of hydrogen-bond acceptors (Lipinski definition) is 4. The van der Waals surface area contributed by atoms with E-state index in [-0.39, 0.29) is 5.91 Å². The SMILES string of the molecule is N#Cc1ccc(CCC(=O)NCc2nnc3ccccn23)cc1. The minimum atomic E-state index is -0.0398. The lowest BCUT2D eigenvalue weighted by molar-refractivity contribution is -0.121. The third-order valence-electron chi connectivity index (χ3n) is 3.55. The molecule has 0 atom stereocenters. The molecule has 0 aliphatic carbocycles. The Bertz CT molecular complexity index is 861. The molecule has 0 spiro atoms. The van der Waals surface area contributed by atoms with Gasteiger partial charge in [-0.25, -0.2) is 0 Å². The van der Waals surface area contributed by atoms with Gasteiger partial charge in [0.2, 0.25) is 5.91 Å². The topological polar surface area (TPSA) is 83.1 Å². The molecule has 0 aliphatic rings. The van der Waals surface area contributed by atoms with Crippen molar-refractivity contribution >= 4 is 11.6 Å². The van der Waals surface area contributed by atoms with E-state index in [1.807, 2.05) is 40.9 Å². The second-order valence-corrected chi connectivity index (χ2v) is 5.13. The summed E-state index contributed by atoms with van der Waals surface area (Å²) in [4.78, 5) is 11.9. The number of carbonyl (C=O) groups is 1. The van der Waals surface area contributed by atoms with Crippen molar-refractivity contribution in [1.29, 1.82) is 5.26 Å². The molecule has 2 heterocycles. The average Bonchev–Trinajstić information content (AvgIpc) is 3.02. The fraction of sp³-hybridized carbons (Fsp3) is 0.176. The van der Waals surface area contributed by atoms with Crippen molar-refractivity contribution in [2.45, 2.75) is 19.4 Å². The minimum absolute atomic E-state index is 0.0398. The Balaban J connectivity index is 1.52. The molecule has 0 radical (unpaired) electrons. The lowest BCUT2D eigenvalue weighted by atomic mass is 10.1. The van der Waals surface area contributed by atoms with E-state index in [0.717, 1.165) is 11.2 Å². The van der Waals surface area contributed by atoms with Crippen molar-refractivity contribution in [3.05, 3.63) is 65.6 Å². The maximum Gasteiger partial charge on any atom is 0.220 e. The summed E-state index contributed by atoms with van der Waals surface area (Å²) in [6.07, 6.45) is 2.90. The van der Waals surface area contributed by atoms with Crippen LogP contribution in [0.3, 0.4) is 0 Å². The largest absolute Gasteiger partial charge is 0.349 e. The van der Waals surface area contributed by atoms with Crippen LogP contribution < -0.4 is 5.32 Å². The van der Waals surface area contributed by atoms with Crippen LogP contribution in [-0.4, -0.2) is 20.5 Å². The lowest BCUT2D eigenvalue weighted by Gasteiger charge is -2.04. The highest BCUT2D eigenvalue weighted by Crippen LogP contribution is 2.06. The maximum absolute atomic E-state index is 11.9. The Hall–Kier alpha value is -3.20. The number of amides is 1. The Morgan fingerprint density at radius 3 is 2.78 bits per heavy atom. The van der Waals surface area contributed by atoms with E-state index < -0.39 is 0 Å². The Kier molecular flexibility index (Phi) is 4.29. The molecular weight excluding hydrogens is 290 g/mol. The predicted molar refractivity (Wildman–Crippen MR) is 84.3 cm³/mol. The zero-order valence-electron chi connectivity index (χ0n) is 12.4. The molecule has 0 unspecified atom stereocenters. The molecule has 114 valence electrons. The van der Waals surface area contributed by atoms with E-state index in [0.29, 0.717) is 30.8 Å². The third-order valence-corrected chi connectivity index (χ3v) is 3.55. The Morgan fingerprint density at radius 1 is 1.17 bits per heavy atom. The van der Waals surface area contributed by atoms with Gasteiger partial charge in [0.1, 0.15) is 0 Å². The highest BCUT2D eigenvalue weighted by atomic mass is 16.1. The predicted octanol–water partition coefficient (Wildman–Crippen LogP) is 1.85. The van der Waals surface area contributed by atoms with Crippen molar-refractivity contribution in [3.8, 4) is 6.07 Å². The van der Waals surface area contributed by atoms with Crippen molar-refractivity contribution < 1.29 is 4.79 Å². The van der Waals surface area contributed by atoms with Crippen molar-refractivity contribution in [1.82, 2.24) is 19.9 Å². The van der Waals surface area contributed by atoms with Gasteiger partial charge in [-0.3, -0.25) is 9.20 Å². The summed E-state index contributed by atoms with van der Waals surface area (Å²) in [5.41, 5.74) is 2.42. The summed E-state index contributed by atoms with van der Waals surface area (Å²) in [6, 6.07) is 15.0. The van der Waals surface area contributed by atoms with Gasteiger partial charge in [-0.1, -0.05) is 18.2 Å². The molecule has 6 nitrogen and oxygen atoms in total. The third kappa shape index (κ3) is 3.52. The first kappa shape index (κ1) is 14.7. The maximum atomic E-state index is 11.9. The number of fused-ring (bicyclic) bond motifs is 1. The average molecular weight is 305 g/mol. The van der Waals surface area contributed by atoms with E-state index in [4.69, 9.17) is 5.26 Å². The van der Waals surface area contributed by atoms with Crippen LogP contribution in [0.4, 0.5) is 0 Å². The number of rotatable bonds is 5. The first-order chi connectivity index (χ1) is 11.3.